The Hall–Kier alpha value is -1.16. The van der Waals surface area contributed by atoms with Crippen LogP contribution in [0.4, 0.5) is 5.82 Å². The van der Waals surface area contributed by atoms with Crippen LogP contribution in [0.15, 0.2) is 18.6 Å². The third-order valence-electron chi connectivity index (χ3n) is 3.58. The van der Waals surface area contributed by atoms with E-state index in [9.17, 15) is 0 Å². The fourth-order valence-corrected chi connectivity index (χ4v) is 2.62. The van der Waals surface area contributed by atoms with Crippen LogP contribution in [0, 0.1) is 5.92 Å². The highest BCUT2D eigenvalue weighted by Gasteiger charge is 2.27. The SMILES string of the molecule is CN(c1cnccn1)C1CCCCC1CN. The van der Waals surface area contributed by atoms with Crippen molar-refractivity contribution in [3.63, 3.8) is 0 Å². The van der Waals surface area contributed by atoms with Crippen molar-refractivity contribution >= 4 is 5.82 Å². The van der Waals surface area contributed by atoms with Crippen molar-refractivity contribution in [3.05, 3.63) is 18.6 Å². The first-order chi connectivity index (χ1) is 7.83. The Morgan fingerprint density at radius 2 is 2.19 bits per heavy atom. The minimum absolute atomic E-state index is 0.524. The summed E-state index contributed by atoms with van der Waals surface area (Å²) in [6.07, 6.45) is 10.3. The molecule has 0 aromatic carbocycles. The fourth-order valence-electron chi connectivity index (χ4n) is 2.62. The Morgan fingerprint density at radius 1 is 1.38 bits per heavy atom. The number of hydrogen-bond donors (Lipinski definition) is 1. The third-order valence-corrected chi connectivity index (χ3v) is 3.58. The van der Waals surface area contributed by atoms with Gasteiger partial charge in [0.2, 0.25) is 0 Å². The van der Waals surface area contributed by atoms with Crippen LogP contribution in [-0.2, 0) is 0 Å². The molecule has 1 saturated carbocycles. The molecule has 4 heteroatoms. The molecule has 0 saturated heterocycles. The van der Waals surface area contributed by atoms with Gasteiger partial charge in [0, 0.05) is 25.5 Å². The summed E-state index contributed by atoms with van der Waals surface area (Å²) in [6.45, 7) is 0.773. The Morgan fingerprint density at radius 3 is 2.88 bits per heavy atom. The number of aromatic nitrogens is 2. The van der Waals surface area contributed by atoms with E-state index < -0.39 is 0 Å². The molecule has 88 valence electrons. The molecule has 0 amide bonds. The zero-order valence-corrected chi connectivity index (χ0v) is 9.84. The molecule has 0 bridgehead atoms. The Labute approximate surface area is 96.9 Å². The summed E-state index contributed by atoms with van der Waals surface area (Å²) >= 11 is 0. The maximum absolute atomic E-state index is 5.85. The Balaban J connectivity index is 2.10. The van der Waals surface area contributed by atoms with E-state index >= 15 is 0 Å². The summed E-state index contributed by atoms with van der Waals surface area (Å²) in [7, 11) is 2.10. The summed E-state index contributed by atoms with van der Waals surface area (Å²) in [5.41, 5.74) is 5.85. The van der Waals surface area contributed by atoms with Gasteiger partial charge < -0.3 is 10.6 Å². The molecule has 2 unspecified atom stereocenters. The minimum Gasteiger partial charge on any atom is -0.355 e. The smallest absolute Gasteiger partial charge is 0.147 e. The predicted octanol–water partition coefficient (Wildman–Crippen LogP) is 1.43. The summed E-state index contributed by atoms with van der Waals surface area (Å²) < 4.78 is 0. The van der Waals surface area contributed by atoms with Gasteiger partial charge in [0.15, 0.2) is 0 Å². The summed E-state index contributed by atoms with van der Waals surface area (Å²) in [4.78, 5) is 10.7. The lowest BCUT2D eigenvalue weighted by molar-refractivity contribution is 0.305. The van der Waals surface area contributed by atoms with Gasteiger partial charge in [-0.15, -0.1) is 0 Å². The average molecular weight is 220 g/mol. The fraction of sp³-hybridized carbons (Fsp3) is 0.667. The lowest BCUT2D eigenvalue weighted by atomic mass is 9.84. The molecule has 0 spiro atoms. The first-order valence-corrected chi connectivity index (χ1v) is 6.02. The second-order valence-corrected chi connectivity index (χ2v) is 4.52. The average Bonchev–Trinajstić information content (AvgIpc) is 2.39. The molecule has 0 aliphatic heterocycles. The second-order valence-electron chi connectivity index (χ2n) is 4.52. The van der Waals surface area contributed by atoms with E-state index in [1.165, 1.54) is 25.7 Å². The maximum atomic E-state index is 5.85. The monoisotopic (exact) mass is 220 g/mol. The molecule has 1 heterocycles. The number of anilines is 1. The van der Waals surface area contributed by atoms with E-state index in [1.54, 1.807) is 12.4 Å². The van der Waals surface area contributed by atoms with Crippen LogP contribution < -0.4 is 10.6 Å². The Kier molecular flexibility index (Phi) is 3.72. The van der Waals surface area contributed by atoms with Gasteiger partial charge in [-0.1, -0.05) is 12.8 Å². The van der Waals surface area contributed by atoms with E-state index in [-0.39, 0.29) is 0 Å². The van der Waals surface area contributed by atoms with Crippen molar-refractivity contribution in [3.8, 4) is 0 Å². The zero-order valence-electron chi connectivity index (χ0n) is 9.84. The van der Waals surface area contributed by atoms with Crippen LogP contribution in [-0.4, -0.2) is 29.6 Å². The molecule has 2 atom stereocenters. The van der Waals surface area contributed by atoms with Crippen molar-refractivity contribution in [2.75, 3.05) is 18.5 Å². The molecule has 2 rings (SSSR count). The minimum atomic E-state index is 0.524. The second kappa shape index (κ2) is 5.25. The van der Waals surface area contributed by atoms with Crippen molar-refractivity contribution < 1.29 is 0 Å². The molecule has 1 aliphatic carbocycles. The molecule has 4 nitrogen and oxygen atoms in total. The summed E-state index contributed by atoms with van der Waals surface area (Å²) in [5, 5.41) is 0. The standard InChI is InChI=1S/C12H20N4/c1-16(12-9-14-6-7-15-12)11-5-3-2-4-10(11)8-13/h6-7,9-11H,2-5,8,13H2,1H3. The van der Waals surface area contributed by atoms with Crippen LogP contribution in [0.25, 0.3) is 0 Å². The molecular weight excluding hydrogens is 200 g/mol. The van der Waals surface area contributed by atoms with Gasteiger partial charge in [0.1, 0.15) is 5.82 Å². The van der Waals surface area contributed by atoms with Gasteiger partial charge in [0.05, 0.1) is 6.20 Å². The number of hydrogen-bond acceptors (Lipinski definition) is 4. The highest BCUT2D eigenvalue weighted by atomic mass is 15.2. The third kappa shape index (κ3) is 2.32. The normalized spacial score (nSPS) is 25.4. The van der Waals surface area contributed by atoms with Crippen LogP contribution in [0.5, 0.6) is 0 Å². The first-order valence-electron chi connectivity index (χ1n) is 6.02. The van der Waals surface area contributed by atoms with Crippen LogP contribution >= 0.6 is 0 Å². The van der Waals surface area contributed by atoms with E-state index in [1.807, 2.05) is 6.20 Å². The van der Waals surface area contributed by atoms with Gasteiger partial charge in [-0.3, -0.25) is 4.98 Å². The van der Waals surface area contributed by atoms with Crippen molar-refractivity contribution in [2.45, 2.75) is 31.7 Å². The van der Waals surface area contributed by atoms with Crippen molar-refractivity contribution in [1.82, 2.24) is 9.97 Å². The predicted molar refractivity (Wildman–Crippen MR) is 65.2 cm³/mol. The largest absolute Gasteiger partial charge is 0.355 e. The first kappa shape index (κ1) is 11.3. The number of nitrogens with zero attached hydrogens (tertiary/aromatic N) is 3. The molecule has 1 aromatic heterocycles. The quantitative estimate of drug-likeness (QED) is 0.837. The van der Waals surface area contributed by atoms with E-state index in [0.29, 0.717) is 12.0 Å². The van der Waals surface area contributed by atoms with Gasteiger partial charge >= 0.3 is 0 Å². The Bertz CT molecular complexity index is 314. The molecule has 16 heavy (non-hydrogen) atoms. The molecule has 2 N–H and O–H groups in total. The van der Waals surface area contributed by atoms with Gasteiger partial charge in [-0.05, 0) is 25.3 Å². The maximum Gasteiger partial charge on any atom is 0.147 e. The highest BCUT2D eigenvalue weighted by Crippen LogP contribution is 2.28. The zero-order chi connectivity index (χ0) is 11.4. The summed E-state index contributed by atoms with van der Waals surface area (Å²) in [5.74, 6) is 1.55. The molecular formula is C12H20N4. The molecule has 1 fully saturated rings. The van der Waals surface area contributed by atoms with E-state index in [0.717, 1.165) is 12.4 Å². The van der Waals surface area contributed by atoms with Crippen molar-refractivity contribution in [1.29, 1.82) is 0 Å². The van der Waals surface area contributed by atoms with Crippen molar-refractivity contribution in [2.24, 2.45) is 11.7 Å². The van der Waals surface area contributed by atoms with Gasteiger partial charge in [0.25, 0.3) is 0 Å². The van der Waals surface area contributed by atoms with E-state index in [4.69, 9.17) is 5.73 Å². The van der Waals surface area contributed by atoms with Gasteiger partial charge in [-0.2, -0.15) is 0 Å². The van der Waals surface area contributed by atoms with Gasteiger partial charge in [-0.25, -0.2) is 4.98 Å². The summed E-state index contributed by atoms with van der Waals surface area (Å²) in [6, 6.07) is 0.524. The van der Waals surface area contributed by atoms with Crippen LogP contribution in [0.2, 0.25) is 0 Å². The van der Waals surface area contributed by atoms with Crippen LogP contribution in [0.1, 0.15) is 25.7 Å². The lowest BCUT2D eigenvalue weighted by Crippen LogP contribution is -2.43. The van der Waals surface area contributed by atoms with E-state index in [2.05, 4.69) is 21.9 Å². The lowest BCUT2D eigenvalue weighted by Gasteiger charge is -2.37. The number of rotatable bonds is 3. The molecule has 0 radical (unpaired) electrons. The molecule has 1 aliphatic rings. The highest BCUT2D eigenvalue weighted by molar-refractivity contribution is 5.35. The van der Waals surface area contributed by atoms with Crippen LogP contribution in [0.3, 0.4) is 0 Å². The topological polar surface area (TPSA) is 55.0 Å². The number of nitrogens with two attached hydrogens (primary N) is 1. The molecule has 1 aromatic rings.